The third kappa shape index (κ3) is 9.18. The number of piperidine rings is 1. The van der Waals surface area contributed by atoms with E-state index < -0.39 is 16.4 Å². The normalized spacial score (nSPS) is 17.2. The molecule has 1 aliphatic rings. The Hall–Kier alpha value is -3.38. The second-order valence-electron chi connectivity index (χ2n) is 8.01. The van der Waals surface area contributed by atoms with Crippen molar-refractivity contribution < 1.29 is 4.21 Å². The molecular weight excluding hydrogens is 496 g/mol. The first kappa shape index (κ1) is 34.6. The van der Waals surface area contributed by atoms with E-state index in [1.54, 1.807) is 36.7 Å². The van der Waals surface area contributed by atoms with Crippen molar-refractivity contribution in [3.8, 4) is 6.07 Å². The summed E-state index contributed by atoms with van der Waals surface area (Å²) in [6.45, 7) is 19.5. The van der Waals surface area contributed by atoms with Gasteiger partial charge in [0.15, 0.2) is 0 Å². The number of amidine groups is 1. The van der Waals surface area contributed by atoms with Crippen LogP contribution in [0.5, 0.6) is 0 Å². The van der Waals surface area contributed by atoms with Crippen molar-refractivity contribution in [2.45, 2.75) is 72.1 Å². The lowest BCUT2D eigenvalue weighted by Gasteiger charge is -2.40. The summed E-state index contributed by atoms with van der Waals surface area (Å²) in [7, 11) is -1.10. The predicted molar refractivity (Wildman–Crippen MR) is 162 cm³/mol. The van der Waals surface area contributed by atoms with Gasteiger partial charge in [0.25, 0.3) is 5.56 Å². The number of benzene rings is 1. The highest BCUT2D eigenvalue weighted by Crippen LogP contribution is 2.38. The predicted octanol–water partition coefficient (Wildman–Crippen LogP) is 5.66. The van der Waals surface area contributed by atoms with Gasteiger partial charge in [-0.25, -0.2) is 4.99 Å². The van der Waals surface area contributed by atoms with Gasteiger partial charge in [0.2, 0.25) is 0 Å². The molecule has 0 saturated carbocycles. The smallest absolute Gasteiger partial charge is 0.261 e. The number of nitriles is 1. The maximum atomic E-state index is 12.6. The van der Waals surface area contributed by atoms with Gasteiger partial charge in [0.1, 0.15) is 11.4 Å². The summed E-state index contributed by atoms with van der Waals surface area (Å²) in [4.78, 5) is 22.6. The van der Waals surface area contributed by atoms with Crippen LogP contribution in [0.25, 0.3) is 0 Å². The Balaban J connectivity index is 0.00000213. The van der Waals surface area contributed by atoms with Gasteiger partial charge in [-0.2, -0.15) is 5.26 Å². The monoisotopic (exact) mass is 542 g/mol. The quantitative estimate of drug-likeness (QED) is 0.317. The molecule has 3 atom stereocenters. The molecule has 0 spiro atoms. The molecule has 0 amide bonds. The number of aromatic amines is 1. The van der Waals surface area contributed by atoms with Crippen molar-refractivity contribution in [1.82, 2.24) is 9.88 Å². The summed E-state index contributed by atoms with van der Waals surface area (Å²) in [6.07, 6.45) is 4.44. The van der Waals surface area contributed by atoms with E-state index >= 15 is 0 Å². The molecular formula is C29H46N6O2S. The van der Waals surface area contributed by atoms with Gasteiger partial charge in [-0.1, -0.05) is 48.1 Å². The molecule has 5 N–H and O–H groups in total. The Morgan fingerprint density at radius 1 is 1.21 bits per heavy atom. The lowest BCUT2D eigenvalue weighted by Crippen LogP contribution is -2.39. The maximum Gasteiger partial charge on any atom is 0.261 e. The Labute approximate surface area is 231 Å². The molecule has 0 aliphatic carbocycles. The summed E-state index contributed by atoms with van der Waals surface area (Å²) in [5.41, 5.74) is 14.9. The third-order valence-corrected chi connectivity index (χ3v) is 6.83. The largest absolute Gasteiger partial charge is 0.398 e. The fourth-order valence-electron chi connectivity index (χ4n) is 4.09. The van der Waals surface area contributed by atoms with E-state index in [4.69, 9.17) is 11.5 Å². The summed E-state index contributed by atoms with van der Waals surface area (Å²) < 4.78 is 11.6. The molecule has 8 nitrogen and oxygen atoms in total. The van der Waals surface area contributed by atoms with Gasteiger partial charge in [-0.3, -0.25) is 9.00 Å². The van der Waals surface area contributed by atoms with E-state index in [0.717, 1.165) is 24.2 Å². The fourth-order valence-corrected chi connectivity index (χ4v) is 4.61. The highest BCUT2D eigenvalue weighted by molar-refractivity contribution is 7.84. The van der Waals surface area contributed by atoms with Gasteiger partial charge >= 0.3 is 0 Å². The van der Waals surface area contributed by atoms with Crippen LogP contribution in [0.2, 0.25) is 0 Å². The zero-order valence-corrected chi connectivity index (χ0v) is 25.1. The number of hydrogen-bond donors (Lipinski definition) is 3. The first-order chi connectivity index (χ1) is 18.2. The molecule has 1 aromatic heterocycles. The minimum atomic E-state index is -1.10. The van der Waals surface area contributed by atoms with Crippen LogP contribution in [0.3, 0.4) is 0 Å². The van der Waals surface area contributed by atoms with Crippen molar-refractivity contribution in [1.29, 1.82) is 5.26 Å². The molecule has 210 valence electrons. The van der Waals surface area contributed by atoms with Crippen LogP contribution < -0.4 is 17.0 Å². The maximum absolute atomic E-state index is 12.6. The number of nitrogens with zero attached hydrogens (tertiary/aromatic N) is 3. The molecule has 1 unspecified atom stereocenters. The molecule has 0 bridgehead atoms. The lowest BCUT2D eigenvalue weighted by molar-refractivity contribution is 0.198. The van der Waals surface area contributed by atoms with E-state index in [0.29, 0.717) is 23.5 Å². The fraction of sp³-hybridized carbons (Fsp3) is 0.483. The highest BCUT2D eigenvalue weighted by Gasteiger charge is 2.32. The van der Waals surface area contributed by atoms with Gasteiger partial charge in [0, 0.05) is 59.3 Å². The molecule has 1 saturated heterocycles. The number of aliphatic imine (C=N–C) groups is 1. The van der Waals surface area contributed by atoms with Crippen molar-refractivity contribution in [2.75, 3.05) is 25.1 Å². The zero-order valence-electron chi connectivity index (χ0n) is 24.3. The summed E-state index contributed by atoms with van der Waals surface area (Å²) >= 11 is 0. The van der Waals surface area contributed by atoms with E-state index in [1.807, 2.05) is 48.5 Å². The van der Waals surface area contributed by atoms with E-state index in [1.165, 1.54) is 0 Å². The molecule has 3 rings (SSSR count). The second-order valence-corrected chi connectivity index (χ2v) is 9.39. The molecule has 2 heterocycles. The lowest BCUT2D eigenvalue weighted by atomic mass is 9.78. The van der Waals surface area contributed by atoms with Crippen molar-refractivity contribution >= 4 is 28.0 Å². The van der Waals surface area contributed by atoms with Crippen LogP contribution >= 0.6 is 0 Å². The van der Waals surface area contributed by atoms with Crippen LogP contribution in [0, 0.1) is 17.2 Å². The standard InChI is InChI=1S/C23H28N6O2S.3C2H6/c1-14(2)29-11-9-15(8-10-24)19(13-29)18-12-27-23(30)20(21(18)25)22(26)28-16-4-6-17(7-5-16)32(3)31;3*1-2/h4-7,12,15,19H,1,8-9,11,13H2,2-3H3,(H2,26,28)(H3,25,27,30);3*1-2H3/t15-,19-,32?;;;/m1.../s1. The minimum absolute atomic E-state index is 0.000343. The summed E-state index contributed by atoms with van der Waals surface area (Å²) in [5, 5.41) is 9.30. The average molecular weight is 543 g/mol. The molecule has 9 heteroatoms. The average Bonchev–Trinajstić information content (AvgIpc) is 2.93. The van der Waals surface area contributed by atoms with Crippen LogP contribution in [0.1, 0.15) is 78.4 Å². The van der Waals surface area contributed by atoms with Crippen molar-refractivity contribution in [3.63, 3.8) is 0 Å². The first-order valence-electron chi connectivity index (χ1n) is 13.3. The van der Waals surface area contributed by atoms with E-state index in [-0.39, 0.29) is 28.9 Å². The number of nitrogens with one attached hydrogen (secondary N) is 1. The molecule has 1 aromatic carbocycles. The Bertz CT molecular complexity index is 1170. The van der Waals surface area contributed by atoms with Gasteiger partial charge in [0.05, 0.1) is 17.4 Å². The Kier molecular flexibility index (Phi) is 16.4. The first-order valence-corrected chi connectivity index (χ1v) is 14.8. The molecule has 1 aliphatic heterocycles. The number of allylic oxidation sites excluding steroid dienone is 1. The number of nitrogen functional groups attached to an aromatic ring is 1. The van der Waals surface area contributed by atoms with Crippen molar-refractivity contribution in [3.05, 3.63) is 64.2 Å². The van der Waals surface area contributed by atoms with Gasteiger partial charge < -0.3 is 21.4 Å². The highest BCUT2D eigenvalue weighted by atomic mass is 32.2. The number of H-pyrrole nitrogens is 1. The number of rotatable bonds is 6. The molecule has 38 heavy (non-hydrogen) atoms. The number of anilines is 1. The number of pyridine rings is 1. The van der Waals surface area contributed by atoms with Crippen LogP contribution in [-0.2, 0) is 10.8 Å². The topological polar surface area (TPSA) is 141 Å². The number of aromatic nitrogens is 1. The van der Waals surface area contributed by atoms with Crippen LogP contribution in [0.4, 0.5) is 11.4 Å². The summed E-state index contributed by atoms with van der Waals surface area (Å²) in [6, 6.07) is 9.05. The summed E-state index contributed by atoms with van der Waals surface area (Å²) in [5.74, 6) is 0.0555. The molecule has 1 fully saturated rings. The van der Waals surface area contributed by atoms with Crippen LogP contribution in [-0.4, -0.2) is 39.3 Å². The van der Waals surface area contributed by atoms with E-state index in [9.17, 15) is 14.3 Å². The minimum Gasteiger partial charge on any atom is -0.398 e. The Morgan fingerprint density at radius 2 is 1.79 bits per heavy atom. The number of likely N-dealkylation sites (tertiary alicyclic amines) is 1. The molecule has 0 radical (unpaired) electrons. The Morgan fingerprint density at radius 3 is 2.29 bits per heavy atom. The zero-order chi connectivity index (χ0) is 29.4. The third-order valence-electron chi connectivity index (χ3n) is 5.89. The van der Waals surface area contributed by atoms with Gasteiger partial charge in [-0.15, -0.1) is 0 Å². The number of nitrogens with two attached hydrogens (primary N) is 2. The van der Waals surface area contributed by atoms with Crippen molar-refractivity contribution in [2.24, 2.45) is 16.6 Å². The molecule has 2 aromatic rings. The second kappa shape index (κ2) is 18.0. The van der Waals surface area contributed by atoms with Crippen LogP contribution in [0.15, 0.2) is 57.4 Å². The van der Waals surface area contributed by atoms with E-state index in [2.05, 4.69) is 27.5 Å². The SMILES string of the molecule is C=C(C)N1CC[C@@H](CC#N)[C@H](c2c[nH]c(=O)c(C(N)=Nc3ccc(S(C)=O)cc3)c2N)C1.CC.CC.CC. The van der Waals surface area contributed by atoms with Gasteiger partial charge in [-0.05, 0) is 49.1 Å². The number of hydrogen-bond acceptors (Lipinski definition) is 6.